The molecule has 2 aromatic carbocycles. The van der Waals surface area contributed by atoms with Crippen molar-refractivity contribution in [2.24, 2.45) is 0 Å². The fourth-order valence-electron chi connectivity index (χ4n) is 3.48. The molecular formula is C22H21ClN4O2S. The van der Waals surface area contributed by atoms with Gasteiger partial charge in [-0.15, -0.1) is 0 Å². The van der Waals surface area contributed by atoms with Gasteiger partial charge in [0, 0.05) is 29.9 Å². The topological polar surface area (TPSA) is 63.4 Å². The second-order valence-corrected chi connectivity index (χ2v) is 7.69. The third kappa shape index (κ3) is 4.09. The van der Waals surface area contributed by atoms with Crippen LogP contribution in [0.1, 0.15) is 24.4 Å². The van der Waals surface area contributed by atoms with Crippen LogP contribution in [0.25, 0.3) is 17.0 Å². The molecule has 6 nitrogen and oxygen atoms in total. The second-order valence-electron chi connectivity index (χ2n) is 6.87. The van der Waals surface area contributed by atoms with Crippen molar-refractivity contribution in [3.8, 4) is 11.4 Å². The van der Waals surface area contributed by atoms with E-state index in [-0.39, 0.29) is 6.04 Å². The molecular weight excluding hydrogens is 420 g/mol. The molecule has 0 bridgehead atoms. The van der Waals surface area contributed by atoms with Gasteiger partial charge in [-0.05, 0) is 36.8 Å². The summed E-state index contributed by atoms with van der Waals surface area (Å²) >= 11 is 11.9. The number of halogens is 1. The lowest BCUT2D eigenvalue weighted by Crippen LogP contribution is -2.47. The fourth-order valence-corrected chi connectivity index (χ4v) is 4.03. The molecule has 1 atom stereocenters. The number of ether oxygens (including phenoxy) is 1. The molecule has 0 aliphatic carbocycles. The Balaban J connectivity index is 1.81. The summed E-state index contributed by atoms with van der Waals surface area (Å²) in [6, 6.07) is 17.1. The predicted octanol–water partition coefficient (Wildman–Crippen LogP) is 4.70. The van der Waals surface area contributed by atoms with Gasteiger partial charge in [0.1, 0.15) is 0 Å². The maximum atomic E-state index is 6.26. The number of methoxy groups -OCH3 is 1. The van der Waals surface area contributed by atoms with Gasteiger partial charge in [0.15, 0.2) is 5.11 Å². The molecule has 0 amide bonds. The van der Waals surface area contributed by atoms with Gasteiger partial charge in [-0.1, -0.05) is 59.2 Å². The zero-order valence-electron chi connectivity index (χ0n) is 16.6. The normalized spacial score (nSPS) is 16.7. The predicted molar refractivity (Wildman–Crippen MR) is 121 cm³/mol. The van der Waals surface area contributed by atoms with E-state index in [1.54, 1.807) is 7.11 Å². The first-order valence-corrected chi connectivity index (χ1v) is 10.3. The summed E-state index contributed by atoms with van der Waals surface area (Å²) < 4.78 is 11.0. The van der Waals surface area contributed by atoms with Crippen molar-refractivity contribution in [2.75, 3.05) is 20.3 Å². The largest absolute Gasteiger partial charge is 0.383 e. The smallest absolute Gasteiger partial charge is 0.258 e. The Labute approximate surface area is 185 Å². The van der Waals surface area contributed by atoms with Crippen LogP contribution in [0.15, 0.2) is 64.8 Å². The summed E-state index contributed by atoms with van der Waals surface area (Å²) in [4.78, 5) is 6.67. The van der Waals surface area contributed by atoms with E-state index in [4.69, 9.17) is 33.1 Å². The lowest BCUT2D eigenvalue weighted by molar-refractivity contribution is 0.183. The van der Waals surface area contributed by atoms with E-state index < -0.39 is 0 Å². The number of nitrogens with one attached hydrogen (secondary N) is 1. The molecule has 2 heterocycles. The van der Waals surface area contributed by atoms with Crippen LogP contribution in [0.2, 0.25) is 5.02 Å². The van der Waals surface area contributed by atoms with E-state index in [0.29, 0.717) is 35.0 Å². The zero-order chi connectivity index (χ0) is 21.1. The summed E-state index contributed by atoms with van der Waals surface area (Å²) in [6.07, 6.45) is 0. The molecule has 154 valence electrons. The Bertz CT molecular complexity index is 1080. The lowest BCUT2D eigenvalue weighted by Gasteiger charge is -2.37. The highest BCUT2D eigenvalue weighted by molar-refractivity contribution is 7.80. The van der Waals surface area contributed by atoms with Crippen LogP contribution in [0.5, 0.6) is 0 Å². The van der Waals surface area contributed by atoms with Crippen molar-refractivity contribution in [2.45, 2.75) is 13.0 Å². The number of benzene rings is 2. The number of allylic oxidation sites excluding steroid dienone is 1. The average Bonchev–Trinajstić information content (AvgIpc) is 3.23. The number of hydrogen-bond acceptors (Lipinski definition) is 5. The van der Waals surface area contributed by atoms with Gasteiger partial charge in [-0.2, -0.15) is 4.98 Å². The van der Waals surface area contributed by atoms with Crippen molar-refractivity contribution < 1.29 is 9.26 Å². The lowest BCUT2D eigenvalue weighted by atomic mass is 9.95. The van der Waals surface area contributed by atoms with Crippen molar-refractivity contribution in [3.05, 3.63) is 76.8 Å². The second kappa shape index (κ2) is 8.95. The molecule has 0 fully saturated rings. The summed E-state index contributed by atoms with van der Waals surface area (Å²) in [5, 5.41) is 8.86. The van der Waals surface area contributed by atoms with Crippen LogP contribution in [0.3, 0.4) is 0 Å². The maximum absolute atomic E-state index is 6.26. The molecule has 1 N–H and O–H groups in total. The molecule has 0 radical (unpaired) electrons. The first-order valence-electron chi connectivity index (χ1n) is 9.51. The Hall–Kier alpha value is -2.74. The third-order valence-electron chi connectivity index (χ3n) is 4.99. The summed E-state index contributed by atoms with van der Waals surface area (Å²) in [6.45, 7) is 3.15. The van der Waals surface area contributed by atoms with E-state index in [1.165, 1.54) is 0 Å². The molecule has 30 heavy (non-hydrogen) atoms. The molecule has 0 saturated heterocycles. The Morgan fingerprint density at radius 2 is 2.00 bits per heavy atom. The van der Waals surface area contributed by atoms with Gasteiger partial charge in [0.2, 0.25) is 5.82 Å². The van der Waals surface area contributed by atoms with Crippen LogP contribution in [0.4, 0.5) is 0 Å². The SMILES string of the molecule is COCCN1C(=S)NC(c2cccc(Cl)c2)C(c2nc(-c3ccccc3)no2)=C1C. The minimum atomic E-state index is -0.265. The molecule has 4 rings (SSSR count). The molecule has 0 saturated carbocycles. The van der Waals surface area contributed by atoms with Crippen LogP contribution >= 0.6 is 23.8 Å². The number of hydrogen-bond donors (Lipinski definition) is 1. The molecule has 1 aliphatic rings. The van der Waals surface area contributed by atoms with Crippen molar-refractivity contribution in [1.29, 1.82) is 0 Å². The van der Waals surface area contributed by atoms with E-state index >= 15 is 0 Å². The highest BCUT2D eigenvalue weighted by Gasteiger charge is 2.34. The van der Waals surface area contributed by atoms with Gasteiger partial charge in [-0.3, -0.25) is 0 Å². The molecule has 1 unspecified atom stereocenters. The fraction of sp³-hybridized carbons (Fsp3) is 0.227. The Kier molecular flexibility index (Phi) is 6.13. The molecule has 0 spiro atoms. The first kappa shape index (κ1) is 20.5. The van der Waals surface area contributed by atoms with Crippen molar-refractivity contribution in [1.82, 2.24) is 20.4 Å². The minimum Gasteiger partial charge on any atom is -0.383 e. The minimum absolute atomic E-state index is 0.265. The van der Waals surface area contributed by atoms with Crippen LogP contribution < -0.4 is 5.32 Å². The van der Waals surface area contributed by atoms with Gasteiger partial charge < -0.3 is 19.5 Å². The zero-order valence-corrected chi connectivity index (χ0v) is 18.2. The van der Waals surface area contributed by atoms with Crippen LogP contribution in [-0.2, 0) is 4.74 Å². The van der Waals surface area contributed by atoms with Crippen LogP contribution in [0, 0.1) is 0 Å². The van der Waals surface area contributed by atoms with E-state index in [1.807, 2.05) is 66.4 Å². The Morgan fingerprint density at radius 3 is 2.73 bits per heavy atom. The quantitative estimate of drug-likeness (QED) is 0.557. The average molecular weight is 441 g/mol. The van der Waals surface area contributed by atoms with Gasteiger partial charge in [0.25, 0.3) is 5.89 Å². The van der Waals surface area contributed by atoms with E-state index in [0.717, 1.165) is 22.4 Å². The van der Waals surface area contributed by atoms with E-state index in [2.05, 4.69) is 15.5 Å². The number of nitrogens with zero attached hydrogens (tertiary/aromatic N) is 3. The highest BCUT2D eigenvalue weighted by Crippen LogP contribution is 2.37. The summed E-state index contributed by atoms with van der Waals surface area (Å²) in [5.74, 6) is 0.973. The maximum Gasteiger partial charge on any atom is 0.258 e. The number of rotatable bonds is 6. The third-order valence-corrected chi connectivity index (χ3v) is 5.56. The summed E-state index contributed by atoms with van der Waals surface area (Å²) in [5.41, 5.74) is 3.64. The summed E-state index contributed by atoms with van der Waals surface area (Å²) in [7, 11) is 1.67. The monoisotopic (exact) mass is 440 g/mol. The van der Waals surface area contributed by atoms with Gasteiger partial charge >= 0.3 is 0 Å². The van der Waals surface area contributed by atoms with Gasteiger partial charge in [-0.25, -0.2) is 0 Å². The standard InChI is InChI=1S/C22H21ClN4O2S/c1-14-18(21-25-20(26-29-21)15-7-4-3-5-8-15)19(16-9-6-10-17(23)13-16)24-22(30)27(14)11-12-28-2/h3-10,13,19H,11-12H2,1-2H3,(H,24,30). The van der Waals surface area contributed by atoms with E-state index in [9.17, 15) is 0 Å². The highest BCUT2D eigenvalue weighted by atomic mass is 35.5. The Morgan fingerprint density at radius 1 is 1.20 bits per heavy atom. The first-order chi connectivity index (χ1) is 14.6. The van der Waals surface area contributed by atoms with Crippen LogP contribution in [-0.4, -0.2) is 40.4 Å². The van der Waals surface area contributed by atoms with Gasteiger partial charge in [0.05, 0.1) is 18.2 Å². The molecule has 1 aliphatic heterocycles. The number of aromatic nitrogens is 2. The van der Waals surface area contributed by atoms with Crippen molar-refractivity contribution in [3.63, 3.8) is 0 Å². The number of thiocarbonyl (C=S) groups is 1. The molecule has 1 aromatic heterocycles. The molecule has 3 aromatic rings. The molecule has 8 heteroatoms. The van der Waals surface area contributed by atoms with Crippen molar-refractivity contribution >= 4 is 34.5 Å².